The Labute approximate surface area is 143 Å². The summed E-state index contributed by atoms with van der Waals surface area (Å²) in [5.41, 5.74) is 2.31. The number of anilines is 1. The van der Waals surface area contributed by atoms with Gasteiger partial charge in [0, 0.05) is 6.26 Å². The van der Waals surface area contributed by atoms with Crippen LogP contribution in [0.1, 0.15) is 30.9 Å². The molecule has 0 aliphatic rings. The van der Waals surface area contributed by atoms with Gasteiger partial charge in [-0.2, -0.15) is 0 Å². The molecular weight excluding hydrogens is 346 g/mol. The molecule has 0 aliphatic carbocycles. The van der Waals surface area contributed by atoms with Crippen LogP contribution in [0.3, 0.4) is 0 Å². The molecule has 0 atom stereocenters. The minimum atomic E-state index is -3.80. The van der Waals surface area contributed by atoms with Gasteiger partial charge in [0.25, 0.3) is 10.0 Å². The van der Waals surface area contributed by atoms with Crippen LogP contribution in [-0.4, -0.2) is 23.1 Å². The number of hydrogen-bond acceptors (Lipinski definition) is 4. The van der Waals surface area contributed by atoms with Gasteiger partial charge in [-0.3, -0.25) is 4.72 Å². The summed E-state index contributed by atoms with van der Waals surface area (Å²) in [7, 11) is -7.16. The van der Waals surface area contributed by atoms with Crippen LogP contribution in [0.2, 0.25) is 0 Å². The van der Waals surface area contributed by atoms with Crippen molar-refractivity contribution in [3.8, 4) is 0 Å². The summed E-state index contributed by atoms with van der Waals surface area (Å²) < 4.78 is 50.9. The lowest BCUT2D eigenvalue weighted by Crippen LogP contribution is -2.15. The maximum atomic E-state index is 12.6. The number of hydrogen-bond donors (Lipinski definition) is 1. The van der Waals surface area contributed by atoms with Gasteiger partial charge in [0.1, 0.15) is 0 Å². The summed E-state index contributed by atoms with van der Waals surface area (Å²) in [6, 6.07) is 10.8. The van der Waals surface area contributed by atoms with Gasteiger partial charge in [0.15, 0.2) is 9.84 Å². The minimum absolute atomic E-state index is 0.0212. The highest BCUT2D eigenvalue weighted by Gasteiger charge is 2.19. The van der Waals surface area contributed by atoms with E-state index < -0.39 is 19.9 Å². The first-order valence-corrected chi connectivity index (χ1v) is 10.8. The van der Waals surface area contributed by atoms with Crippen molar-refractivity contribution in [1.29, 1.82) is 0 Å². The van der Waals surface area contributed by atoms with E-state index in [0.717, 1.165) is 17.4 Å². The number of rotatable bonds is 5. The summed E-state index contributed by atoms with van der Waals surface area (Å²) in [5, 5.41) is 0. The first-order valence-electron chi connectivity index (χ1n) is 7.45. The lowest BCUT2D eigenvalue weighted by Gasteiger charge is -2.17. The molecule has 24 heavy (non-hydrogen) atoms. The van der Waals surface area contributed by atoms with E-state index in [-0.39, 0.29) is 15.7 Å². The number of benzene rings is 2. The predicted molar refractivity (Wildman–Crippen MR) is 95.6 cm³/mol. The van der Waals surface area contributed by atoms with Crippen molar-refractivity contribution in [3.63, 3.8) is 0 Å². The number of para-hydroxylation sites is 1. The lowest BCUT2D eigenvalue weighted by molar-refractivity contribution is 0.597. The first-order chi connectivity index (χ1) is 11.0. The number of aryl methyl sites for hydroxylation is 1. The van der Waals surface area contributed by atoms with E-state index in [1.807, 2.05) is 39.0 Å². The minimum Gasteiger partial charge on any atom is -0.279 e. The molecule has 0 spiro atoms. The first kappa shape index (κ1) is 18.5. The summed E-state index contributed by atoms with van der Waals surface area (Å²) in [5.74, 6) is 0.162. The molecule has 0 aliphatic heterocycles. The third-order valence-electron chi connectivity index (χ3n) is 3.73. The van der Waals surface area contributed by atoms with E-state index in [2.05, 4.69) is 4.72 Å². The van der Waals surface area contributed by atoms with Gasteiger partial charge in [0.2, 0.25) is 0 Å². The summed E-state index contributed by atoms with van der Waals surface area (Å²) in [6.45, 7) is 5.83. The Hall–Kier alpha value is -1.86. The largest absolute Gasteiger partial charge is 0.279 e. The highest BCUT2D eigenvalue weighted by atomic mass is 32.2. The van der Waals surface area contributed by atoms with Gasteiger partial charge in [-0.25, -0.2) is 16.8 Å². The van der Waals surface area contributed by atoms with Gasteiger partial charge in [-0.15, -0.1) is 0 Å². The van der Waals surface area contributed by atoms with Crippen LogP contribution in [0.5, 0.6) is 0 Å². The molecule has 5 nitrogen and oxygen atoms in total. The van der Waals surface area contributed by atoms with E-state index >= 15 is 0 Å². The molecule has 2 aromatic rings. The second-order valence-electron chi connectivity index (χ2n) is 6.04. The average Bonchev–Trinajstić information content (AvgIpc) is 2.48. The van der Waals surface area contributed by atoms with E-state index in [1.165, 1.54) is 24.3 Å². The van der Waals surface area contributed by atoms with Crippen molar-refractivity contribution in [2.75, 3.05) is 11.0 Å². The summed E-state index contributed by atoms with van der Waals surface area (Å²) in [4.78, 5) is 0.105. The molecule has 0 aromatic heterocycles. The Morgan fingerprint density at radius 1 is 0.875 bits per heavy atom. The van der Waals surface area contributed by atoms with Crippen molar-refractivity contribution in [3.05, 3.63) is 53.6 Å². The Morgan fingerprint density at radius 2 is 1.42 bits per heavy atom. The van der Waals surface area contributed by atoms with Crippen LogP contribution in [0.15, 0.2) is 52.3 Å². The molecule has 0 saturated carbocycles. The van der Waals surface area contributed by atoms with Gasteiger partial charge < -0.3 is 0 Å². The lowest BCUT2D eigenvalue weighted by atomic mass is 9.99. The monoisotopic (exact) mass is 367 g/mol. The van der Waals surface area contributed by atoms with Crippen molar-refractivity contribution < 1.29 is 16.8 Å². The molecule has 0 unspecified atom stereocenters. The third kappa shape index (κ3) is 3.96. The maximum absolute atomic E-state index is 12.6. The molecule has 2 aromatic carbocycles. The van der Waals surface area contributed by atoms with Crippen molar-refractivity contribution >= 4 is 25.5 Å². The predicted octanol–water partition coefficient (Wildman–Crippen LogP) is 3.32. The SMILES string of the molecule is Cc1cccc(C(C)C)c1NS(=O)(=O)c1ccc(S(C)(=O)=O)cc1. The van der Waals surface area contributed by atoms with E-state index in [4.69, 9.17) is 0 Å². The highest BCUT2D eigenvalue weighted by molar-refractivity contribution is 7.92. The van der Waals surface area contributed by atoms with Gasteiger partial charge in [-0.05, 0) is 48.2 Å². The van der Waals surface area contributed by atoms with Crippen LogP contribution in [0, 0.1) is 6.92 Å². The fourth-order valence-electron chi connectivity index (χ4n) is 2.37. The highest BCUT2D eigenvalue weighted by Crippen LogP contribution is 2.29. The maximum Gasteiger partial charge on any atom is 0.261 e. The zero-order valence-electron chi connectivity index (χ0n) is 14.1. The zero-order valence-corrected chi connectivity index (χ0v) is 15.7. The number of nitrogens with one attached hydrogen (secondary N) is 1. The molecule has 0 saturated heterocycles. The molecule has 0 radical (unpaired) electrons. The van der Waals surface area contributed by atoms with E-state index in [1.54, 1.807) is 0 Å². The second-order valence-corrected chi connectivity index (χ2v) is 9.74. The molecular formula is C17H21NO4S2. The van der Waals surface area contributed by atoms with Crippen LogP contribution in [-0.2, 0) is 19.9 Å². The molecule has 7 heteroatoms. The Morgan fingerprint density at radius 3 is 1.92 bits per heavy atom. The Bertz CT molecular complexity index is 945. The topological polar surface area (TPSA) is 80.3 Å². The fraction of sp³-hybridized carbons (Fsp3) is 0.294. The van der Waals surface area contributed by atoms with Crippen molar-refractivity contribution in [1.82, 2.24) is 0 Å². The smallest absolute Gasteiger partial charge is 0.261 e. The molecule has 0 fully saturated rings. The normalized spacial score (nSPS) is 12.4. The van der Waals surface area contributed by atoms with Crippen LogP contribution < -0.4 is 4.72 Å². The summed E-state index contributed by atoms with van der Waals surface area (Å²) in [6.07, 6.45) is 1.08. The number of sulfone groups is 1. The molecule has 130 valence electrons. The van der Waals surface area contributed by atoms with Crippen LogP contribution >= 0.6 is 0 Å². The van der Waals surface area contributed by atoms with E-state index in [0.29, 0.717) is 5.69 Å². The number of sulfonamides is 1. The van der Waals surface area contributed by atoms with Crippen molar-refractivity contribution in [2.45, 2.75) is 36.5 Å². The van der Waals surface area contributed by atoms with E-state index in [9.17, 15) is 16.8 Å². The molecule has 1 N–H and O–H groups in total. The van der Waals surface area contributed by atoms with Gasteiger partial charge in [-0.1, -0.05) is 32.0 Å². The Kier molecular flexibility index (Phi) is 5.05. The molecule has 0 amide bonds. The fourth-order valence-corrected chi connectivity index (χ4v) is 4.16. The van der Waals surface area contributed by atoms with Crippen LogP contribution in [0.25, 0.3) is 0 Å². The average molecular weight is 367 g/mol. The quantitative estimate of drug-likeness (QED) is 0.879. The molecule has 0 bridgehead atoms. The third-order valence-corrected chi connectivity index (χ3v) is 6.22. The zero-order chi connectivity index (χ0) is 18.1. The summed E-state index contributed by atoms with van der Waals surface area (Å²) >= 11 is 0. The van der Waals surface area contributed by atoms with Crippen LogP contribution in [0.4, 0.5) is 5.69 Å². The second kappa shape index (κ2) is 6.57. The standard InChI is InChI=1S/C17H21NO4S2/c1-12(2)16-7-5-6-13(3)17(16)18-24(21,22)15-10-8-14(9-11-15)23(4,19)20/h5-12,18H,1-4H3. The van der Waals surface area contributed by atoms with Gasteiger partial charge >= 0.3 is 0 Å². The van der Waals surface area contributed by atoms with Gasteiger partial charge in [0.05, 0.1) is 15.5 Å². The van der Waals surface area contributed by atoms with Crippen molar-refractivity contribution in [2.24, 2.45) is 0 Å². The molecule has 0 heterocycles. The molecule has 2 rings (SSSR count). The Balaban J connectivity index is 2.43.